The predicted octanol–water partition coefficient (Wildman–Crippen LogP) is 2.74. The molecule has 2 aromatic rings. The molecule has 0 aromatic carbocycles. The average molecular weight is 283 g/mol. The fourth-order valence-corrected chi connectivity index (χ4v) is 3.53. The van der Waals surface area contributed by atoms with Crippen LogP contribution in [0.5, 0.6) is 0 Å². The minimum Gasteiger partial charge on any atom is -0.294 e. The molecule has 0 radical (unpaired) electrons. The van der Waals surface area contributed by atoms with E-state index in [1.807, 2.05) is 0 Å². The number of rotatable bonds is 4. The molecule has 0 aliphatic rings. The van der Waals surface area contributed by atoms with Crippen molar-refractivity contribution in [2.75, 3.05) is 0 Å². The van der Waals surface area contributed by atoms with Crippen LogP contribution in [0.2, 0.25) is 0 Å². The van der Waals surface area contributed by atoms with Crippen molar-refractivity contribution in [3.63, 3.8) is 0 Å². The number of hydrogen-bond donors (Lipinski definition) is 0. The van der Waals surface area contributed by atoms with Crippen LogP contribution in [0.1, 0.15) is 16.6 Å². The third-order valence-electron chi connectivity index (χ3n) is 2.12. The summed E-state index contributed by atoms with van der Waals surface area (Å²) in [5, 5.41) is 14.9. The molecule has 0 aliphatic heterocycles. The largest absolute Gasteiger partial charge is 0.294 e. The zero-order chi connectivity index (χ0) is 13.3. The van der Waals surface area contributed by atoms with Crippen molar-refractivity contribution < 1.29 is 9.72 Å². The number of carbonyl (C=O) groups excluding carboxylic acids is 1. The molecule has 0 fully saturated rings. The number of nitro groups is 1. The lowest BCUT2D eigenvalue weighted by atomic mass is 10.3. The van der Waals surface area contributed by atoms with Crippen molar-refractivity contribution in [3.05, 3.63) is 33.5 Å². The zero-order valence-corrected chi connectivity index (χ0v) is 11.2. The lowest BCUT2D eigenvalue weighted by molar-refractivity contribution is -0.387. The number of nitrogens with zero attached hydrogens (tertiary/aromatic N) is 3. The molecule has 0 unspecified atom stereocenters. The van der Waals surface area contributed by atoms with Crippen molar-refractivity contribution in [1.29, 1.82) is 0 Å². The quantitative estimate of drug-likeness (QED) is 0.490. The summed E-state index contributed by atoms with van der Waals surface area (Å²) in [6, 6.07) is 1.33. The van der Waals surface area contributed by atoms with Crippen LogP contribution in [0.4, 0.5) is 5.69 Å². The number of aromatic nitrogens is 2. The van der Waals surface area contributed by atoms with Gasteiger partial charge in [0.25, 0.3) is 5.69 Å². The summed E-state index contributed by atoms with van der Waals surface area (Å²) < 4.78 is 2.12. The predicted molar refractivity (Wildman–Crippen MR) is 68.3 cm³/mol. The fraction of sp³-hybridized carbons (Fsp3) is 0.200. The van der Waals surface area contributed by atoms with Gasteiger partial charge in [0.2, 0.25) is 0 Å². The summed E-state index contributed by atoms with van der Waals surface area (Å²) in [5.74, 6) is -0.166. The van der Waals surface area contributed by atoms with E-state index in [-0.39, 0.29) is 11.5 Å². The molecule has 0 bridgehead atoms. The second-order valence-electron chi connectivity index (χ2n) is 3.55. The maximum absolute atomic E-state index is 11.3. The van der Waals surface area contributed by atoms with E-state index in [9.17, 15) is 14.9 Å². The maximum atomic E-state index is 11.3. The van der Waals surface area contributed by atoms with Gasteiger partial charge in [0.15, 0.2) is 5.78 Å². The Hall–Kier alpha value is -1.67. The van der Waals surface area contributed by atoms with E-state index in [2.05, 4.69) is 5.10 Å². The summed E-state index contributed by atoms with van der Waals surface area (Å²) in [4.78, 5) is 22.9. The lowest BCUT2D eigenvalue weighted by Crippen LogP contribution is -1.87. The second kappa shape index (κ2) is 4.91. The standard InChI is InChI=1S/C10H9N3O3S2/c1-6(14)9-3-8(13(15)16)10(18-9)17-7-4-11-12(2)5-7/h3-5H,1-2H3. The lowest BCUT2D eigenvalue weighted by Gasteiger charge is -1.93. The van der Waals surface area contributed by atoms with Gasteiger partial charge < -0.3 is 0 Å². The van der Waals surface area contributed by atoms with Crippen molar-refractivity contribution in [2.45, 2.75) is 16.0 Å². The molecule has 0 saturated heterocycles. The first-order chi connectivity index (χ1) is 8.47. The number of ketones is 1. The summed E-state index contributed by atoms with van der Waals surface area (Å²) >= 11 is 2.38. The topological polar surface area (TPSA) is 78.0 Å². The van der Waals surface area contributed by atoms with E-state index in [0.717, 1.165) is 16.2 Å². The van der Waals surface area contributed by atoms with Crippen molar-refractivity contribution in [3.8, 4) is 0 Å². The third-order valence-corrected chi connectivity index (χ3v) is 4.48. The molecule has 2 rings (SSSR count). The Kier molecular flexibility index (Phi) is 3.48. The van der Waals surface area contributed by atoms with Gasteiger partial charge in [-0.1, -0.05) is 11.8 Å². The Bertz CT molecular complexity index is 618. The highest BCUT2D eigenvalue weighted by Gasteiger charge is 2.22. The Morgan fingerprint density at radius 1 is 1.61 bits per heavy atom. The van der Waals surface area contributed by atoms with Gasteiger partial charge in [-0.2, -0.15) is 5.10 Å². The fourth-order valence-electron chi connectivity index (χ4n) is 1.30. The Morgan fingerprint density at radius 3 is 2.83 bits per heavy atom. The van der Waals surface area contributed by atoms with Gasteiger partial charge in [-0.25, -0.2) is 0 Å². The number of Topliss-reactive ketones (excluding diaryl/α,β-unsaturated/α-hetero) is 1. The molecule has 18 heavy (non-hydrogen) atoms. The van der Waals surface area contributed by atoms with E-state index in [4.69, 9.17) is 0 Å². The molecule has 0 saturated carbocycles. The molecule has 8 heteroatoms. The van der Waals surface area contributed by atoms with Gasteiger partial charge in [-0.05, 0) is 6.92 Å². The molecule has 0 amide bonds. The van der Waals surface area contributed by atoms with Crippen LogP contribution in [0, 0.1) is 10.1 Å². The van der Waals surface area contributed by atoms with E-state index in [0.29, 0.717) is 9.09 Å². The van der Waals surface area contributed by atoms with Crippen molar-refractivity contribution in [1.82, 2.24) is 9.78 Å². The van der Waals surface area contributed by atoms with Gasteiger partial charge in [-0.15, -0.1) is 11.3 Å². The van der Waals surface area contributed by atoms with Crippen molar-refractivity contribution in [2.24, 2.45) is 7.05 Å². The molecule has 94 valence electrons. The molecule has 2 heterocycles. The van der Waals surface area contributed by atoms with E-state index in [1.54, 1.807) is 24.1 Å². The average Bonchev–Trinajstić information content (AvgIpc) is 2.85. The first kappa shape index (κ1) is 12.8. The van der Waals surface area contributed by atoms with Crippen molar-refractivity contribution >= 4 is 34.6 Å². The summed E-state index contributed by atoms with van der Waals surface area (Å²) in [5.41, 5.74) is -0.0287. The number of carbonyl (C=O) groups is 1. The molecule has 0 atom stereocenters. The summed E-state index contributed by atoms with van der Waals surface area (Å²) in [6.45, 7) is 1.40. The first-order valence-electron chi connectivity index (χ1n) is 4.93. The van der Waals surface area contributed by atoms with Crippen LogP contribution in [0.3, 0.4) is 0 Å². The van der Waals surface area contributed by atoms with Crippen LogP contribution in [-0.2, 0) is 7.05 Å². The maximum Gasteiger partial charge on any atom is 0.294 e. The minimum absolute atomic E-state index is 0.0287. The molecule has 2 aromatic heterocycles. The molecule has 0 spiro atoms. The zero-order valence-electron chi connectivity index (χ0n) is 9.61. The SMILES string of the molecule is CC(=O)c1cc([N+](=O)[O-])c(Sc2cnn(C)c2)s1. The van der Waals surface area contributed by atoms with E-state index < -0.39 is 4.92 Å². The van der Waals surface area contributed by atoms with Gasteiger partial charge in [0.05, 0.1) is 20.9 Å². The molecule has 6 nitrogen and oxygen atoms in total. The molecular weight excluding hydrogens is 274 g/mol. The highest BCUT2D eigenvalue weighted by molar-refractivity contribution is 8.01. The van der Waals surface area contributed by atoms with Crippen LogP contribution < -0.4 is 0 Å². The van der Waals surface area contributed by atoms with Gasteiger partial charge >= 0.3 is 0 Å². The highest BCUT2D eigenvalue weighted by atomic mass is 32.2. The smallest absolute Gasteiger partial charge is 0.294 e. The number of hydrogen-bond acceptors (Lipinski definition) is 6. The first-order valence-corrected chi connectivity index (χ1v) is 6.56. The highest BCUT2D eigenvalue weighted by Crippen LogP contribution is 2.41. The minimum atomic E-state index is -0.471. The van der Waals surface area contributed by atoms with Crippen LogP contribution in [0.15, 0.2) is 27.6 Å². The second-order valence-corrected chi connectivity index (χ2v) is 5.94. The summed E-state index contributed by atoms with van der Waals surface area (Å²) in [7, 11) is 1.77. The van der Waals surface area contributed by atoms with Gasteiger partial charge in [0, 0.05) is 19.3 Å². The molecular formula is C10H9N3O3S2. The van der Waals surface area contributed by atoms with Crippen LogP contribution in [0.25, 0.3) is 0 Å². The van der Waals surface area contributed by atoms with Crippen LogP contribution in [-0.4, -0.2) is 20.5 Å². The van der Waals surface area contributed by atoms with E-state index >= 15 is 0 Å². The molecule has 0 aliphatic carbocycles. The normalized spacial score (nSPS) is 10.6. The number of thiophene rings is 1. The molecule has 0 N–H and O–H groups in total. The van der Waals surface area contributed by atoms with Gasteiger partial charge in [0.1, 0.15) is 4.21 Å². The Morgan fingerprint density at radius 2 is 2.33 bits per heavy atom. The Labute approximate surface area is 111 Å². The van der Waals surface area contributed by atoms with Gasteiger partial charge in [-0.3, -0.25) is 19.6 Å². The number of aryl methyl sites for hydroxylation is 1. The van der Waals surface area contributed by atoms with E-state index in [1.165, 1.54) is 24.8 Å². The third kappa shape index (κ3) is 2.59. The Balaban J connectivity index is 2.36. The van der Waals surface area contributed by atoms with Crippen LogP contribution >= 0.6 is 23.1 Å². The monoisotopic (exact) mass is 283 g/mol. The summed E-state index contributed by atoms with van der Waals surface area (Å²) in [6.07, 6.45) is 3.39.